The lowest BCUT2D eigenvalue weighted by Gasteiger charge is -2.37. The van der Waals surface area contributed by atoms with Gasteiger partial charge in [0.05, 0.1) is 4.08 Å². The first kappa shape index (κ1) is 26.3. The molecule has 1 saturated heterocycles. The molecular weight excluding hydrogens is 458 g/mol. The Kier molecular flexibility index (Phi) is 9.57. The van der Waals surface area contributed by atoms with Gasteiger partial charge in [-0.1, -0.05) is 24.3 Å². The van der Waals surface area contributed by atoms with E-state index in [0.717, 1.165) is 58.0 Å². The molecule has 2 aromatic rings. The monoisotopic (exact) mass is 493 g/mol. The van der Waals surface area contributed by atoms with Crippen molar-refractivity contribution in [2.75, 3.05) is 13.1 Å². The zero-order valence-corrected chi connectivity index (χ0v) is 21.4. The van der Waals surface area contributed by atoms with Gasteiger partial charge in [0.2, 0.25) is 0 Å². The minimum absolute atomic E-state index is 0.0625. The highest BCUT2D eigenvalue weighted by Gasteiger charge is 2.35. The van der Waals surface area contributed by atoms with Crippen molar-refractivity contribution < 1.29 is 10.2 Å². The Labute approximate surface area is 212 Å². The number of allylic oxidation sites excluding steroid dienone is 4. The van der Waals surface area contributed by atoms with Crippen LogP contribution in [0.4, 0.5) is 0 Å². The van der Waals surface area contributed by atoms with Crippen LogP contribution in [0.5, 0.6) is 11.5 Å². The van der Waals surface area contributed by atoms with Gasteiger partial charge in [-0.2, -0.15) is 0 Å². The van der Waals surface area contributed by atoms with Crippen LogP contribution in [0.3, 0.4) is 0 Å². The van der Waals surface area contributed by atoms with E-state index >= 15 is 0 Å². The van der Waals surface area contributed by atoms with Gasteiger partial charge in [-0.3, -0.25) is 0 Å². The predicted octanol–water partition coefficient (Wildman–Crippen LogP) is 6.98. The molecule has 0 bridgehead atoms. The number of thioether (sulfide) groups is 2. The molecule has 3 rings (SSSR count). The number of phenols is 2. The van der Waals surface area contributed by atoms with Gasteiger partial charge in [-0.15, -0.1) is 49.8 Å². The third kappa shape index (κ3) is 6.41. The van der Waals surface area contributed by atoms with Gasteiger partial charge in [-0.25, -0.2) is 0 Å². The van der Waals surface area contributed by atoms with E-state index in [1.807, 2.05) is 47.8 Å². The molecule has 0 atom stereocenters. The zero-order chi connectivity index (χ0) is 24.6. The second-order valence-corrected chi connectivity index (χ2v) is 11.7. The van der Waals surface area contributed by atoms with Crippen LogP contribution in [-0.4, -0.2) is 27.4 Å². The van der Waals surface area contributed by atoms with Crippen molar-refractivity contribution in [1.82, 2.24) is 5.32 Å². The zero-order valence-electron chi connectivity index (χ0n) is 19.8. The Morgan fingerprint density at radius 1 is 0.676 bits per heavy atom. The van der Waals surface area contributed by atoms with Crippen LogP contribution >= 0.6 is 23.5 Å². The smallest absolute Gasteiger partial charge is 0.122 e. The second-order valence-electron chi connectivity index (χ2n) is 8.52. The molecule has 2 aromatic carbocycles. The van der Waals surface area contributed by atoms with Crippen LogP contribution in [0.15, 0.2) is 84.7 Å². The standard InChI is InChI=1S/C29H35NO2S2/c1-5-9-21-17-25(18-22(10-6-2)27(21)31)33-29(13-15-30-16-14-29)34-26-19-23(11-7-3)28(32)24(20-26)12-8-4/h5-8,17-20,30-32H,1-4,9-16H2. The van der Waals surface area contributed by atoms with Crippen LogP contribution in [0.1, 0.15) is 35.1 Å². The van der Waals surface area contributed by atoms with Crippen LogP contribution < -0.4 is 5.32 Å². The summed E-state index contributed by atoms with van der Waals surface area (Å²) in [7, 11) is 0. The normalized spacial score (nSPS) is 14.9. The third-order valence-electron chi connectivity index (χ3n) is 5.91. The molecule has 5 heteroatoms. The van der Waals surface area contributed by atoms with Gasteiger partial charge in [0.15, 0.2) is 0 Å². The molecule has 1 heterocycles. The average molecular weight is 494 g/mol. The molecule has 3 N–H and O–H groups in total. The molecule has 0 radical (unpaired) electrons. The fourth-order valence-electron chi connectivity index (χ4n) is 4.28. The summed E-state index contributed by atoms with van der Waals surface area (Å²) in [5.41, 5.74) is 3.60. The molecule has 0 aliphatic carbocycles. The summed E-state index contributed by atoms with van der Waals surface area (Å²) in [5, 5.41) is 24.9. The number of piperidine rings is 1. The summed E-state index contributed by atoms with van der Waals surface area (Å²) in [6.45, 7) is 17.3. The lowest BCUT2D eigenvalue weighted by Crippen LogP contribution is -2.37. The second kappa shape index (κ2) is 12.4. The minimum Gasteiger partial charge on any atom is -0.507 e. The van der Waals surface area contributed by atoms with E-state index in [2.05, 4.69) is 55.9 Å². The van der Waals surface area contributed by atoms with Crippen LogP contribution in [0.25, 0.3) is 0 Å². The van der Waals surface area contributed by atoms with Gasteiger partial charge in [0.25, 0.3) is 0 Å². The van der Waals surface area contributed by atoms with Crippen molar-refractivity contribution in [2.45, 2.75) is 52.4 Å². The number of hydrogen-bond donors (Lipinski definition) is 3. The lowest BCUT2D eigenvalue weighted by molar-refractivity contribution is 0.463. The predicted molar refractivity (Wildman–Crippen MR) is 148 cm³/mol. The van der Waals surface area contributed by atoms with Crippen molar-refractivity contribution in [3.8, 4) is 11.5 Å². The maximum absolute atomic E-state index is 10.7. The van der Waals surface area contributed by atoms with E-state index in [4.69, 9.17) is 0 Å². The molecule has 34 heavy (non-hydrogen) atoms. The summed E-state index contributed by atoms with van der Waals surface area (Å²) < 4.78 is -0.0625. The van der Waals surface area contributed by atoms with Gasteiger partial charge in [-0.05, 0) is 98.1 Å². The Morgan fingerprint density at radius 3 is 1.29 bits per heavy atom. The molecule has 0 amide bonds. The molecule has 0 aromatic heterocycles. The highest BCUT2D eigenvalue weighted by molar-refractivity contribution is 8.18. The summed E-state index contributed by atoms with van der Waals surface area (Å²) >= 11 is 3.76. The maximum Gasteiger partial charge on any atom is 0.122 e. The van der Waals surface area contributed by atoms with Crippen LogP contribution in [-0.2, 0) is 25.7 Å². The van der Waals surface area contributed by atoms with Crippen molar-refractivity contribution in [3.63, 3.8) is 0 Å². The Bertz CT molecular complexity index is 915. The quantitative estimate of drug-likeness (QED) is 0.220. The maximum atomic E-state index is 10.7. The highest BCUT2D eigenvalue weighted by atomic mass is 32.2. The largest absolute Gasteiger partial charge is 0.507 e. The summed E-state index contributed by atoms with van der Waals surface area (Å²) in [5.74, 6) is 0.690. The molecule has 1 aliphatic heterocycles. The van der Waals surface area contributed by atoms with Crippen molar-refractivity contribution in [1.29, 1.82) is 0 Å². The first-order valence-corrected chi connectivity index (χ1v) is 13.3. The Balaban J connectivity index is 2.00. The number of hydrogen-bond acceptors (Lipinski definition) is 5. The number of rotatable bonds is 12. The Morgan fingerprint density at radius 2 is 1.00 bits per heavy atom. The summed E-state index contributed by atoms with van der Waals surface area (Å²) in [6.07, 6.45) is 11.8. The molecule has 1 fully saturated rings. The molecule has 0 unspecified atom stereocenters. The van der Waals surface area contributed by atoms with E-state index in [-0.39, 0.29) is 4.08 Å². The van der Waals surface area contributed by atoms with Crippen molar-refractivity contribution in [2.24, 2.45) is 0 Å². The third-order valence-corrected chi connectivity index (χ3v) is 8.92. The fourth-order valence-corrected chi connectivity index (χ4v) is 7.50. The SMILES string of the molecule is C=CCc1cc(SC2(Sc3cc(CC=C)c(O)c(CC=C)c3)CCNCC2)cc(CC=C)c1O. The number of aromatic hydroxyl groups is 2. The number of nitrogens with one attached hydrogen (secondary N) is 1. The summed E-state index contributed by atoms with van der Waals surface area (Å²) in [4.78, 5) is 2.30. The number of benzene rings is 2. The highest BCUT2D eigenvalue weighted by Crippen LogP contribution is 2.52. The van der Waals surface area contributed by atoms with Crippen LogP contribution in [0.2, 0.25) is 0 Å². The van der Waals surface area contributed by atoms with Gasteiger partial charge < -0.3 is 15.5 Å². The molecule has 3 nitrogen and oxygen atoms in total. The van der Waals surface area contributed by atoms with Crippen molar-refractivity contribution in [3.05, 3.63) is 97.1 Å². The average Bonchev–Trinajstić information content (AvgIpc) is 2.81. The first-order valence-electron chi connectivity index (χ1n) is 11.7. The fraction of sp³-hybridized carbons (Fsp3) is 0.310. The molecule has 0 spiro atoms. The van der Waals surface area contributed by atoms with E-state index in [1.54, 1.807) is 0 Å². The van der Waals surface area contributed by atoms with Crippen molar-refractivity contribution >= 4 is 23.5 Å². The molecular formula is C29H35NO2S2. The minimum atomic E-state index is -0.0625. The lowest BCUT2D eigenvalue weighted by atomic mass is 10.0. The molecule has 0 saturated carbocycles. The topological polar surface area (TPSA) is 52.5 Å². The Hall–Kier alpha value is -2.34. The van der Waals surface area contributed by atoms with E-state index in [1.165, 1.54) is 0 Å². The van der Waals surface area contributed by atoms with Gasteiger partial charge >= 0.3 is 0 Å². The summed E-state index contributed by atoms with van der Waals surface area (Å²) in [6, 6.07) is 8.40. The van der Waals surface area contributed by atoms with E-state index in [0.29, 0.717) is 37.2 Å². The van der Waals surface area contributed by atoms with E-state index in [9.17, 15) is 10.2 Å². The van der Waals surface area contributed by atoms with E-state index < -0.39 is 0 Å². The molecule has 180 valence electrons. The van der Waals surface area contributed by atoms with Crippen LogP contribution in [0, 0.1) is 0 Å². The van der Waals surface area contributed by atoms with Gasteiger partial charge in [0.1, 0.15) is 11.5 Å². The molecule has 1 aliphatic rings. The number of phenolic OH excluding ortho intramolecular Hbond substituents is 2. The van der Waals surface area contributed by atoms with Gasteiger partial charge in [0, 0.05) is 9.79 Å². The first-order chi connectivity index (χ1) is 16.4.